The molecule has 16 heavy (non-hydrogen) atoms. The quantitative estimate of drug-likeness (QED) is 0.873. The molecule has 0 aliphatic rings. The lowest BCUT2D eigenvalue weighted by molar-refractivity contribution is 0.414. The fourth-order valence-electron chi connectivity index (χ4n) is 1.73. The number of likely N-dealkylation sites (N-methyl/N-ethyl adjacent to an activating group) is 1. The third kappa shape index (κ3) is 3.03. The van der Waals surface area contributed by atoms with Crippen LogP contribution >= 0.6 is 23.2 Å². The molecular formula is C12H17Cl2NO. The molecule has 1 N–H and O–H groups in total. The molecule has 1 atom stereocenters. The number of halogens is 2. The van der Waals surface area contributed by atoms with Crippen LogP contribution in [-0.2, 0) is 0 Å². The summed E-state index contributed by atoms with van der Waals surface area (Å²) in [6, 6.07) is 3.67. The Morgan fingerprint density at radius 2 is 2.00 bits per heavy atom. The van der Waals surface area contributed by atoms with Crippen LogP contribution in [0.15, 0.2) is 12.1 Å². The molecule has 1 aromatic carbocycles. The summed E-state index contributed by atoms with van der Waals surface area (Å²) in [7, 11) is 3.52. The third-order valence-corrected chi connectivity index (χ3v) is 3.28. The van der Waals surface area contributed by atoms with E-state index in [2.05, 4.69) is 12.2 Å². The summed E-state index contributed by atoms with van der Waals surface area (Å²) in [4.78, 5) is 0. The number of rotatable bonds is 5. The summed E-state index contributed by atoms with van der Waals surface area (Å²) in [5.41, 5.74) is 1.07. The number of hydrogen-bond acceptors (Lipinski definition) is 2. The Labute approximate surface area is 107 Å². The minimum atomic E-state index is 0.376. The van der Waals surface area contributed by atoms with E-state index < -0.39 is 0 Å². The lowest BCUT2D eigenvalue weighted by Gasteiger charge is -2.17. The van der Waals surface area contributed by atoms with E-state index in [-0.39, 0.29) is 0 Å². The van der Waals surface area contributed by atoms with Crippen molar-refractivity contribution < 1.29 is 4.74 Å². The molecule has 0 saturated heterocycles. The molecule has 4 heteroatoms. The smallest absolute Gasteiger partial charge is 0.138 e. The molecule has 0 heterocycles. The van der Waals surface area contributed by atoms with Gasteiger partial charge in [0.2, 0.25) is 0 Å². The van der Waals surface area contributed by atoms with Crippen LogP contribution in [0.3, 0.4) is 0 Å². The first kappa shape index (κ1) is 13.6. The molecule has 1 unspecified atom stereocenters. The highest BCUT2D eigenvalue weighted by Gasteiger charge is 2.15. The molecule has 0 amide bonds. The fraction of sp³-hybridized carbons (Fsp3) is 0.500. The van der Waals surface area contributed by atoms with Gasteiger partial charge in [-0.15, -0.1) is 0 Å². The van der Waals surface area contributed by atoms with Crippen molar-refractivity contribution in [2.45, 2.75) is 19.3 Å². The molecule has 0 fully saturated rings. The summed E-state index contributed by atoms with van der Waals surface area (Å²) < 4.78 is 5.12. The Hall–Kier alpha value is -0.440. The molecule has 0 aliphatic carbocycles. The van der Waals surface area contributed by atoms with E-state index in [0.29, 0.717) is 21.7 Å². The Morgan fingerprint density at radius 1 is 1.31 bits per heavy atom. The molecule has 0 aromatic heterocycles. The molecule has 0 radical (unpaired) electrons. The van der Waals surface area contributed by atoms with Gasteiger partial charge >= 0.3 is 0 Å². The van der Waals surface area contributed by atoms with Gasteiger partial charge in [0.05, 0.1) is 12.1 Å². The van der Waals surface area contributed by atoms with Crippen molar-refractivity contribution in [3.8, 4) is 5.75 Å². The maximum absolute atomic E-state index is 6.22. The molecule has 1 rings (SSSR count). The van der Waals surface area contributed by atoms with E-state index in [1.165, 1.54) is 0 Å². The van der Waals surface area contributed by atoms with Crippen molar-refractivity contribution in [1.29, 1.82) is 0 Å². The summed E-state index contributed by atoms with van der Waals surface area (Å²) >= 11 is 12.3. The van der Waals surface area contributed by atoms with Gasteiger partial charge in [0.1, 0.15) is 5.75 Å². The van der Waals surface area contributed by atoms with Gasteiger partial charge in [-0.1, -0.05) is 30.1 Å². The van der Waals surface area contributed by atoms with Crippen LogP contribution in [0.4, 0.5) is 0 Å². The zero-order valence-corrected chi connectivity index (χ0v) is 11.3. The van der Waals surface area contributed by atoms with Gasteiger partial charge in [-0.2, -0.15) is 0 Å². The molecule has 0 bridgehead atoms. The highest BCUT2D eigenvalue weighted by molar-refractivity contribution is 6.34. The topological polar surface area (TPSA) is 21.3 Å². The van der Waals surface area contributed by atoms with Crippen molar-refractivity contribution in [3.63, 3.8) is 0 Å². The first-order valence-corrected chi connectivity index (χ1v) is 6.07. The van der Waals surface area contributed by atoms with Crippen LogP contribution in [0.1, 0.15) is 24.8 Å². The predicted molar refractivity (Wildman–Crippen MR) is 70.0 cm³/mol. The zero-order valence-electron chi connectivity index (χ0n) is 9.81. The minimum Gasteiger partial charge on any atom is -0.495 e. The second-order valence-electron chi connectivity index (χ2n) is 3.67. The summed E-state index contributed by atoms with van der Waals surface area (Å²) in [5.74, 6) is 0.996. The summed E-state index contributed by atoms with van der Waals surface area (Å²) in [5, 5.41) is 4.48. The molecule has 0 saturated carbocycles. The van der Waals surface area contributed by atoms with Crippen LogP contribution in [0.2, 0.25) is 10.0 Å². The highest BCUT2D eigenvalue weighted by Crippen LogP contribution is 2.35. The van der Waals surface area contributed by atoms with E-state index in [4.69, 9.17) is 27.9 Å². The predicted octanol–water partition coefficient (Wildman–Crippen LogP) is 3.72. The molecule has 90 valence electrons. The summed E-state index contributed by atoms with van der Waals surface area (Å²) in [6.07, 6.45) is 1.02. The maximum atomic E-state index is 6.22. The number of benzene rings is 1. The Kier molecular flexibility index (Phi) is 5.39. The SMILES string of the molecule is CCC(CNC)c1cc(Cl)c(OC)cc1Cl. The van der Waals surface area contributed by atoms with Crippen LogP contribution in [-0.4, -0.2) is 20.7 Å². The minimum absolute atomic E-state index is 0.376. The van der Waals surface area contributed by atoms with Crippen LogP contribution in [0, 0.1) is 0 Å². The number of ether oxygens (including phenoxy) is 1. The van der Waals surface area contributed by atoms with Gasteiger partial charge in [0.25, 0.3) is 0 Å². The van der Waals surface area contributed by atoms with E-state index in [9.17, 15) is 0 Å². The van der Waals surface area contributed by atoms with Crippen LogP contribution < -0.4 is 10.1 Å². The Bertz CT molecular complexity index is 355. The van der Waals surface area contributed by atoms with Gasteiger partial charge in [0.15, 0.2) is 0 Å². The van der Waals surface area contributed by atoms with E-state index in [1.54, 1.807) is 13.2 Å². The normalized spacial score (nSPS) is 12.6. The third-order valence-electron chi connectivity index (χ3n) is 2.65. The van der Waals surface area contributed by atoms with Crippen molar-refractivity contribution in [2.75, 3.05) is 20.7 Å². The monoisotopic (exact) mass is 261 g/mol. The number of nitrogens with one attached hydrogen (secondary N) is 1. The summed E-state index contributed by atoms with van der Waals surface area (Å²) in [6.45, 7) is 3.02. The van der Waals surface area contributed by atoms with Crippen molar-refractivity contribution in [1.82, 2.24) is 5.32 Å². The van der Waals surface area contributed by atoms with E-state index in [1.807, 2.05) is 13.1 Å². The highest BCUT2D eigenvalue weighted by atomic mass is 35.5. The first-order valence-electron chi connectivity index (χ1n) is 5.31. The van der Waals surface area contributed by atoms with Crippen LogP contribution in [0.25, 0.3) is 0 Å². The maximum Gasteiger partial charge on any atom is 0.138 e. The average Bonchev–Trinajstić information content (AvgIpc) is 2.28. The lowest BCUT2D eigenvalue weighted by Crippen LogP contribution is -2.17. The average molecular weight is 262 g/mol. The van der Waals surface area contributed by atoms with Gasteiger partial charge in [0, 0.05) is 17.6 Å². The number of methoxy groups -OCH3 is 1. The molecule has 2 nitrogen and oxygen atoms in total. The standard InChI is InChI=1S/C12H17Cl2NO/c1-4-8(7-15-2)9-5-11(14)12(16-3)6-10(9)13/h5-6,8,15H,4,7H2,1-3H3. The zero-order chi connectivity index (χ0) is 12.1. The van der Waals surface area contributed by atoms with Gasteiger partial charge in [-0.3, -0.25) is 0 Å². The van der Waals surface area contributed by atoms with Crippen LogP contribution in [0.5, 0.6) is 5.75 Å². The Balaban J connectivity index is 3.08. The fourth-order valence-corrected chi connectivity index (χ4v) is 2.29. The molecule has 0 spiro atoms. The van der Waals surface area contributed by atoms with Gasteiger partial charge < -0.3 is 10.1 Å². The largest absolute Gasteiger partial charge is 0.495 e. The number of hydrogen-bond donors (Lipinski definition) is 1. The van der Waals surface area contributed by atoms with Crippen molar-refractivity contribution in [3.05, 3.63) is 27.7 Å². The second kappa shape index (κ2) is 6.33. The van der Waals surface area contributed by atoms with E-state index >= 15 is 0 Å². The Morgan fingerprint density at radius 3 is 2.50 bits per heavy atom. The lowest BCUT2D eigenvalue weighted by atomic mass is 9.96. The van der Waals surface area contributed by atoms with Crippen molar-refractivity contribution >= 4 is 23.2 Å². The van der Waals surface area contributed by atoms with Crippen molar-refractivity contribution in [2.24, 2.45) is 0 Å². The van der Waals surface area contributed by atoms with E-state index in [0.717, 1.165) is 18.5 Å². The first-order chi connectivity index (χ1) is 7.63. The molecule has 0 aliphatic heterocycles. The molecule has 1 aromatic rings. The van der Waals surface area contributed by atoms with Gasteiger partial charge in [-0.25, -0.2) is 0 Å². The van der Waals surface area contributed by atoms with Gasteiger partial charge in [-0.05, 0) is 31.0 Å². The molecular weight excluding hydrogens is 245 g/mol. The second-order valence-corrected chi connectivity index (χ2v) is 4.49.